The minimum absolute atomic E-state index is 0.00890. The molecule has 23 heavy (non-hydrogen) atoms. The summed E-state index contributed by atoms with van der Waals surface area (Å²) in [5.41, 5.74) is 0.769. The Bertz CT molecular complexity index is 724. The van der Waals surface area contributed by atoms with Crippen LogP contribution in [0.3, 0.4) is 0 Å². The lowest BCUT2D eigenvalue weighted by atomic mass is 9.88. The van der Waals surface area contributed by atoms with Crippen LogP contribution in [0.2, 0.25) is 0 Å². The van der Waals surface area contributed by atoms with Gasteiger partial charge in [-0.3, -0.25) is 9.78 Å². The Morgan fingerprint density at radius 2 is 2.13 bits per heavy atom. The van der Waals surface area contributed by atoms with Crippen molar-refractivity contribution in [3.63, 3.8) is 0 Å². The number of benzene rings is 1. The Hall–Kier alpha value is -2.10. The number of para-hydroxylation sites is 1. The third kappa shape index (κ3) is 2.67. The van der Waals surface area contributed by atoms with Crippen molar-refractivity contribution in [3.8, 4) is 5.75 Å². The Balaban J connectivity index is 1.31. The SMILES string of the molecule is O=C(OCCOc1ccnc2ccccc12)C12CCCCC1C2. The van der Waals surface area contributed by atoms with Crippen LogP contribution in [0.15, 0.2) is 36.5 Å². The minimum Gasteiger partial charge on any atom is -0.489 e. The van der Waals surface area contributed by atoms with E-state index >= 15 is 0 Å². The number of aromatic nitrogens is 1. The van der Waals surface area contributed by atoms with Crippen LogP contribution in [0, 0.1) is 11.3 Å². The van der Waals surface area contributed by atoms with Crippen LogP contribution in [-0.2, 0) is 9.53 Å². The topological polar surface area (TPSA) is 48.4 Å². The Morgan fingerprint density at radius 1 is 1.22 bits per heavy atom. The summed E-state index contributed by atoms with van der Waals surface area (Å²) in [4.78, 5) is 16.6. The largest absolute Gasteiger partial charge is 0.489 e. The molecule has 0 radical (unpaired) electrons. The Kier molecular flexibility index (Phi) is 3.68. The molecule has 2 aliphatic rings. The number of rotatable bonds is 5. The fourth-order valence-electron chi connectivity index (χ4n) is 3.87. The summed E-state index contributed by atoms with van der Waals surface area (Å²) in [5.74, 6) is 1.35. The average molecular weight is 311 g/mol. The molecule has 4 heteroatoms. The zero-order valence-corrected chi connectivity index (χ0v) is 13.2. The molecule has 4 nitrogen and oxygen atoms in total. The fraction of sp³-hybridized carbons (Fsp3) is 0.474. The van der Waals surface area contributed by atoms with Gasteiger partial charge in [0.05, 0.1) is 10.9 Å². The van der Waals surface area contributed by atoms with Crippen LogP contribution >= 0.6 is 0 Å². The van der Waals surface area contributed by atoms with Crippen molar-refractivity contribution in [2.75, 3.05) is 13.2 Å². The molecule has 0 spiro atoms. The van der Waals surface area contributed by atoms with E-state index < -0.39 is 0 Å². The number of hydrogen-bond donors (Lipinski definition) is 0. The van der Waals surface area contributed by atoms with Gasteiger partial charge in [-0.25, -0.2) is 0 Å². The monoisotopic (exact) mass is 311 g/mol. The summed E-state index contributed by atoms with van der Waals surface area (Å²) in [6.45, 7) is 0.685. The second kappa shape index (κ2) is 5.84. The van der Waals surface area contributed by atoms with Gasteiger partial charge in [0.25, 0.3) is 0 Å². The maximum absolute atomic E-state index is 12.3. The number of fused-ring (bicyclic) bond motifs is 2. The molecular formula is C19H21NO3. The third-order valence-corrected chi connectivity index (χ3v) is 5.25. The van der Waals surface area contributed by atoms with Crippen molar-refractivity contribution >= 4 is 16.9 Å². The summed E-state index contributed by atoms with van der Waals surface area (Å²) in [6.07, 6.45) is 7.38. The normalized spacial score (nSPS) is 25.7. The first-order valence-electron chi connectivity index (χ1n) is 8.43. The molecule has 2 atom stereocenters. The van der Waals surface area contributed by atoms with E-state index in [2.05, 4.69) is 4.98 Å². The van der Waals surface area contributed by atoms with E-state index in [-0.39, 0.29) is 11.4 Å². The summed E-state index contributed by atoms with van der Waals surface area (Å²) < 4.78 is 11.3. The predicted molar refractivity (Wildman–Crippen MR) is 87.2 cm³/mol. The van der Waals surface area contributed by atoms with Crippen molar-refractivity contribution in [2.24, 2.45) is 11.3 Å². The highest BCUT2D eigenvalue weighted by atomic mass is 16.6. The van der Waals surface area contributed by atoms with Gasteiger partial charge in [-0.2, -0.15) is 0 Å². The van der Waals surface area contributed by atoms with Gasteiger partial charge >= 0.3 is 5.97 Å². The van der Waals surface area contributed by atoms with E-state index in [0.29, 0.717) is 19.1 Å². The number of hydrogen-bond acceptors (Lipinski definition) is 4. The van der Waals surface area contributed by atoms with Crippen LogP contribution in [0.4, 0.5) is 0 Å². The van der Waals surface area contributed by atoms with Crippen LogP contribution in [0.1, 0.15) is 32.1 Å². The maximum Gasteiger partial charge on any atom is 0.312 e. The lowest BCUT2D eigenvalue weighted by Gasteiger charge is -2.20. The van der Waals surface area contributed by atoms with Gasteiger partial charge in [-0.05, 0) is 43.4 Å². The summed E-state index contributed by atoms with van der Waals surface area (Å²) in [5, 5.41) is 0.981. The van der Waals surface area contributed by atoms with Crippen molar-refractivity contribution in [1.29, 1.82) is 0 Å². The minimum atomic E-state index is -0.137. The molecule has 0 amide bonds. The zero-order valence-electron chi connectivity index (χ0n) is 13.2. The van der Waals surface area contributed by atoms with E-state index in [1.807, 2.05) is 30.3 Å². The molecule has 1 heterocycles. The molecule has 2 fully saturated rings. The molecule has 0 bridgehead atoms. The highest BCUT2D eigenvalue weighted by Crippen LogP contribution is 2.61. The van der Waals surface area contributed by atoms with E-state index in [1.165, 1.54) is 12.8 Å². The first kappa shape index (κ1) is 14.5. The average Bonchev–Trinajstić information content (AvgIpc) is 3.35. The van der Waals surface area contributed by atoms with Crippen molar-refractivity contribution in [1.82, 2.24) is 4.98 Å². The van der Waals surface area contributed by atoms with Gasteiger partial charge in [0.1, 0.15) is 19.0 Å². The number of nitrogens with zero attached hydrogens (tertiary/aromatic N) is 1. The molecule has 2 aromatic rings. The van der Waals surface area contributed by atoms with Crippen LogP contribution in [0.5, 0.6) is 5.75 Å². The molecule has 2 aliphatic carbocycles. The van der Waals surface area contributed by atoms with Gasteiger partial charge < -0.3 is 9.47 Å². The quantitative estimate of drug-likeness (QED) is 0.623. The fourth-order valence-corrected chi connectivity index (χ4v) is 3.87. The van der Waals surface area contributed by atoms with Crippen LogP contribution in [0.25, 0.3) is 10.9 Å². The van der Waals surface area contributed by atoms with Gasteiger partial charge in [0.2, 0.25) is 0 Å². The Morgan fingerprint density at radius 3 is 3.04 bits per heavy atom. The lowest BCUT2D eigenvalue weighted by molar-refractivity contribution is -0.152. The summed E-state index contributed by atoms with van der Waals surface area (Å²) in [6, 6.07) is 9.71. The molecule has 120 valence electrons. The molecule has 1 aromatic carbocycles. The third-order valence-electron chi connectivity index (χ3n) is 5.25. The van der Waals surface area contributed by atoms with E-state index in [4.69, 9.17) is 9.47 Å². The van der Waals surface area contributed by atoms with Crippen LogP contribution in [-0.4, -0.2) is 24.2 Å². The molecule has 0 aliphatic heterocycles. The van der Waals surface area contributed by atoms with Gasteiger partial charge in [-0.15, -0.1) is 0 Å². The number of ether oxygens (including phenoxy) is 2. The van der Waals surface area contributed by atoms with Crippen molar-refractivity contribution in [3.05, 3.63) is 36.5 Å². The molecular weight excluding hydrogens is 290 g/mol. The van der Waals surface area contributed by atoms with Gasteiger partial charge in [0, 0.05) is 11.6 Å². The number of carbonyl (C=O) groups excluding carboxylic acids is 1. The number of carbonyl (C=O) groups is 1. The number of pyridine rings is 1. The molecule has 4 rings (SSSR count). The van der Waals surface area contributed by atoms with E-state index in [1.54, 1.807) is 6.20 Å². The molecule has 1 aromatic heterocycles. The van der Waals surface area contributed by atoms with Crippen LogP contribution < -0.4 is 4.74 Å². The molecule has 2 unspecified atom stereocenters. The highest BCUT2D eigenvalue weighted by Gasteiger charge is 2.61. The standard InChI is InChI=1S/C19H21NO3/c21-18(19-9-4-3-5-14(19)13-19)23-12-11-22-17-8-10-20-16-7-2-1-6-15(16)17/h1-2,6-8,10,14H,3-5,9,11-13H2. The number of esters is 1. The lowest BCUT2D eigenvalue weighted by Crippen LogP contribution is -2.25. The summed E-state index contributed by atoms with van der Waals surface area (Å²) >= 11 is 0. The summed E-state index contributed by atoms with van der Waals surface area (Å²) in [7, 11) is 0. The zero-order chi connectivity index (χ0) is 15.7. The maximum atomic E-state index is 12.3. The predicted octanol–water partition coefficient (Wildman–Crippen LogP) is 3.74. The Labute approximate surface area is 135 Å². The van der Waals surface area contributed by atoms with Gasteiger partial charge in [0.15, 0.2) is 0 Å². The van der Waals surface area contributed by atoms with Crippen molar-refractivity contribution in [2.45, 2.75) is 32.1 Å². The molecule has 0 N–H and O–H groups in total. The molecule has 0 saturated heterocycles. The van der Waals surface area contributed by atoms with E-state index in [9.17, 15) is 4.79 Å². The second-order valence-electron chi connectivity index (χ2n) is 6.61. The smallest absolute Gasteiger partial charge is 0.312 e. The first-order chi connectivity index (χ1) is 11.3. The van der Waals surface area contributed by atoms with E-state index in [0.717, 1.165) is 35.9 Å². The van der Waals surface area contributed by atoms with Crippen molar-refractivity contribution < 1.29 is 14.3 Å². The first-order valence-corrected chi connectivity index (χ1v) is 8.43. The second-order valence-corrected chi connectivity index (χ2v) is 6.61. The highest BCUT2D eigenvalue weighted by molar-refractivity contribution is 5.84. The van der Waals surface area contributed by atoms with Gasteiger partial charge in [-0.1, -0.05) is 25.0 Å². The molecule has 2 saturated carbocycles.